The number of hydrogen-bond acceptors (Lipinski definition) is 3. The van der Waals surface area contributed by atoms with E-state index in [0.29, 0.717) is 29.9 Å². The van der Waals surface area contributed by atoms with Gasteiger partial charge in [-0.3, -0.25) is 0 Å². The van der Waals surface area contributed by atoms with E-state index in [1.165, 1.54) is 12.1 Å². The highest BCUT2D eigenvalue weighted by atomic mass is 19.4. The topological polar surface area (TPSA) is 55.8 Å². The van der Waals surface area contributed by atoms with Crippen LogP contribution in [0.5, 0.6) is 11.5 Å². The van der Waals surface area contributed by atoms with Gasteiger partial charge in [0.05, 0.1) is 5.56 Å². The average Bonchev–Trinajstić information content (AvgIpc) is 2.58. The predicted molar refractivity (Wildman–Crippen MR) is 82.6 cm³/mol. The number of carbonyl (C=O) groups is 1. The summed E-state index contributed by atoms with van der Waals surface area (Å²) in [4.78, 5) is 11.0. The highest BCUT2D eigenvalue weighted by Gasteiger charge is 2.30. The molecule has 0 fully saturated rings. The quantitative estimate of drug-likeness (QED) is 0.901. The molecule has 0 amide bonds. The Morgan fingerprint density at radius 3 is 2.56 bits per heavy atom. The molecule has 2 aromatic rings. The van der Waals surface area contributed by atoms with Gasteiger partial charge in [-0.2, -0.15) is 13.2 Å². The van der Waals surface area contributed by atoms with Crippen LogP contribution in [0.2, 0.25) is 0 Å². The van der Waals surface area contributed by atoms with Crippen LogP contribution in [0.1, 0.15) is 23.1 Å². The number of hydrogen-bond donors (Lipinski definition) is 1. The number of halogens is 3. The summed E-state index contributed by atoms with van der Waals surface area (Å²) in [7, 11) is 0. The van der Waals surface area contributed by atoms with Crippen molar-refractivity contribution in [3.63, 3.8) is 0 Å². The van der Waals surface area contributed by atoms with E-state index in [1.54, 1.807) is 18.2 Å². The molecular formula is C18H15F3O4. The number of carboxylic acids is 1. The molecule has 132 valence electrons. The van der Waals surface area contributed by atoms with Gasteiger partial charge in [-0.25, -0.2) is 4.79 Å². The summed E-state index contributed by atoms with van der Waals surface area (Å²) in [6.07, 6.45) is -4.23. The molecule has 0 spiro atoms. The lowest BCUT2D eigenvalue weighted by molar-refractivity contribution is -0.145. The fraction of sp³-hybridized carbons (Fsp3) is 0.278. The number of aliphatic carboxylic acids is 1. The van der Waals surface area contributed by atoms with E-state index < -0.39 is 23.8 Å². The Morgan fingerprint density at radius 2 is 1.92 bits per heavy atom. The SMILES string of the molecule is O=C(O)C1CCc2ccc(OCc3ccc(C(F)(F)F)cc3)cc2O1. The van der Waals surface area contributed by atoms with Crippen LogP contribution in [0.25, 0.3) is 0 Å². The zero-order valence-corrected chi connectivity index (χ0v) is 13.0. The standard InChI is InChI=1S/C18H15F3O4/c19-18(20,21)13-5-1-11(2-6-13)10-24-14-7-3-12-4-8-15(17(22)23)25-16(12)9-14/h1-3,5-7,9,15H,4,8,10H2,(H,22,23). The van der Waals surface area contributed by atoms with Gasteiger partial charge in [0.25, 0.3) is 0 Å². The molecule has 1 N–H and O–H groups in total. The number of rotatable bonds is 4. The second kappa shape index (κ2) is 6.66. The van der Waals surface area contributed by atoms with E-state index in [9.17, 15) is 18.0 Å². The molecule has 7 heteroatoms. The van der Waals surface area contributed by atoms with Crippen LogP contribution >= 0.6 is 0 Å². The third-order valence-corrected chi connectivity index (χ3v) is 3.95. The van der Waals surface area contributed by atoms with Gasteiger partial charge < -0.3 is 14.6 Å². The van der Waals surface area contributed by atoms with Gasteiger partial charge in [0.1, 0.15) is 18.1 Å². The molecule has 0 aromatic heterocycles. The van der Waals surface area contributed by atoms with Gasteiger partial charge >= 0.3 is 12.1 Å². The molecule has 1 aliphatic heterocycles. The van der Waals surface area contributed by atoms with Gasteiger partial charge in [-0.15, -0.1) is 0 Å². The minimum atomic E-state index is -4.37. The van der Waals surface area contributed by atoms with Gasteiger partial charge in [0, 0.05) is 6.07 Å². The largest absolute Gasteiger partial charge is 0.489 e. The van der Waals surface area contributed by atoms with E-state index in [-0.39, 0.29) is 6.61 Å². The Balaban J connectivity index is 1.66. The molecule has 0 saturated heterocycles. The van der Waals surface area contributed by atoms with Crippen LogP contribution in [0, 0.1) is 0 Å². The van der Waals surface area contributed by atoms with Gasteiger partial charge in [0.15, 0.2) is 6.10 Å². The number of aryl methyl sites for hydroxylation is 1. The zero-order chi connectivity index (χ0) is 18.0. The Bertz CT molecular complexity index is 769. The summed E-state index contributed by atoms with van der Waals surface area (Å²) in [5, 5.41) is 9.03. The van der Waals surface area contributed by atoms with Crippen molar-refractivity contribution >= 4 is 5.97 Å². The molecule has 0 bridgehead atoms. The van der Waals surface area contributed by atoms with E-state index in [1.807, 2.05) is 0 Å². The van der Waals surface area contributed by atoms with Crippen molar-refractivity contribution in [1.29, 1.82) is 0 Å². The summed E-state index contributed by atoms with van der Waals surface area (Å²) in [5.74, 6) is -0.0880. The number of carboxylic acid groups (broad SMARTS) is 1. The van der Waals surface area contributed by atoms with E-state index in [2.05, 4.69) is 0 Å². The molecule has 2 aromatic carbocycles. The molecular weight excluding hydrogens is 337 g/mol. The maximum atomic E-state index is 12.5. The highest BCUT2D eigenvalue weighted by molar-refractivity contribution is 5.73. The van der Waals surface area contributed by atoms with Gasteiger partial charge in [0.2, 0.25) is 0 Å². The van der Waals surface area contributed by atoms with Crippen LogP contribution in [0.3, 0.4) is 0 Å². The van der Waals surface area contributed by atoms with Gasteiger partial charge in [-0.1, -0.05) is 18.2 Å². The normalized spacial score (nSPS) is 16.7. The highest BCUT2D eigenvalue weighted by Crippen LogP contribution is 2.32. The minimum absolute atomic E-state index is 0.0965. The maximum absolute atomic E-state index is 12.5. The third kappa shape index (κ3) is 4.04. The van der Waals surface area contributed by atoms with E-state index in [0.717, 1.165) is 17.7 Å². The first-order valence-electron chi connectivity index (χ1n) is 7.64. The first kappa shape index (κ1) is 17.1. The first-order chi connectivity index (χ1) is 11.8. The lowest BCUT2D eigenvalue weighted by Crippen LogP contribution is -2.30. The first-order valence-corrected chi connectivity index (χ1v) is 7.64. The van der Waals surface area contributed by atoms with Crippen LogP contribution < -0.4 is 9.47 Å². The number of benzene rings is 2. The summed E-state index contributed by atoms with van der Waals surface area (Å²) in [5.41, 5.74) is 0.785. The lowest BCUT2D eigenvalue weighted by Gasteiger charge is -2.23. The molecule has 0 radical (unpaired) electrons. The minimum Gasteiger partial charge on any atom is -0.489 e. The summed E-state index contributed by atoms with van der Waals surface area (Å²) in [6.45, 7) is 0.0965. The second-order valence-electron chi connectivity index (χ2n) is 5.74. The molecule has 1 unspecified atom stereocenters. The molecule has 1 atom stereocenters. The fourth-order valence-corrected chi connectivity index (χ4v) is 2.57. The Labute approximate surface area is 141 Å². The third-order valence-electron chi connectivity index (χ3n) is 3.95. The number of ether oxygens (including phenoxy) is 2. The second-order valence-corrected chi connectivity index (χ2v) is 5.74. The number of alkyl halides is 3. The molecule has 25 heavy (non-hydrogen) atoms. The van der Waals surface area contributed by atoms with Crippen LogP contribution in [-0.2, 0) is 24.0 Å². The van der Waals surface area contributed by atoms with Crippen molar-refractivity contribution in [2.24, 2.45) is 0 Å². The summed E-state index contributed by atoms with van der Waals surface area (Å²) < 4.78 is 48.6. The fourth-order valence-electron chi connectivity index (χ4n) is 2.57. The van der Waals surface area contributed by atoms with Crippen molar-refractivity contribution in [2.75, 3.05) is 0 Å². The molecule has 1 heterocycles. The summed E-state index contributed by atoms with van der Waals surface area (Å²) in [6, 6.07) is 9.87. The van der Waals surface area contributed by atoms with Crippen molar-refractivity contribution < 1.29 is 32.5 Å². The molecule has 1 aliphatic rings. The lowest BCUT2D eigenvalue weighted by atomic mass is 10.0. The Morgan fingerprint density at radius 1 is 1.20 bits per heavy atom. The maximum Gasteiger partial charge on any atom is 0.416 e. The van der Waals surface area contributed by atoms with Crippen LogP contribution in [0.15, 0.2) is 42.5 Å². The predicted octanol–water partition coefficient (Wildman–Crippen LogP) is 4.06. The molecule has 3 rings (SSSR count). The van der Waals surface area contributed by atoms with E-state index >= 15 is 0 Å². The molecule has 4 nitrogen and oxygen atoms in total. The van der Waals surface area contributed by atoms with Gasteiger partial charge in [-0.05, 0) is 42.2 Å². The Hall–Kier alpha value is -2.70. The summed E-state index contributed by atoms with van der Waals surface area (Å²) >= 11 is 0. The Kier molecular flexibility index (Phi) is 4.57. The van der Waals surface area contributed by atoms with Crippen LogP contribution in [0.4, 0.5) is 13.2 Å². The smallest absolute Gasteiger partial charge is 0.416 e. The molecule has 0 aliphatic carbocycles. The van der Waals surface area contributed by atoms with Crippen molar-refractivity contribution in [1.82, 2.24) is 0 Å². The van der Waals surface area contributed by atoms with Crippen molar-refractivity contribution in [3.05, 3.63) is 59.2 Å². The zero-order valence-electron chi connectivity index (χ0n) is 13.0. The van der Waals surface area contributed by atoms with Crippen LogP contribution in [-0.4, -0.2) is 17.2 Å². The number of fused-ring (bicyclic) bond motifs is 1. The monoisotopic (exact) mass is 352 g/mol. The van der Waals surface area contributed by atoms with Crippen molar-refractivity contribution in [2.45, 2.75) is 31.7 Å². The van der Waals surface area contributed by atoms with E-state index in [4.69, 9.17) is 14.6 Å². The molecule has 0 saturated carbocycles. The van der Waals surface area contributed by atoms with Crippen molar-refractivity contribution in [3.8, 4) is 11.5 Å². The average molecular weight is 352 g/mol.